The summed E-state index contributed by atoms with van der Waals surface area (Å²) in [7, 11) is -3.35. The zero-order valence-corrected chi connectivity index (χ0v) is 11.0. The highest BCUT2D eigenvalue weighted by Gasteiger charge is 2.44. The summed E-state index contributed by atoms with van der Waals surface area (Å²) in [5.74, 6) is 0. The van der Waals surface area contributed by atoms with Gasteiger partial charge in [0.1, 0.15) is 0 Å². The van der Waals surface area contributed by atoms with Crippen molar-refractivity contribution in [1.82, 2.24) is 4.31 Å². The van der Waals surface area contributed by atoms with E-state index in [1.807, 2.05) is 26.0 Å². The van der Waals surface area contributed by atoms with Crippen LogP contribution in [0.2, 0.25) is 0 Å². The summed E-state index contributed by atoms with van der Waals surface area (Å²) in [5.41, 5.74) is 6.70. The Labute approximate surface area is 102 Å². The van der Waals surface area contributed by atoms with Crippen molar-refractivity contribution in [1.29, 1.82) is 0 Å². The van der Waals surface area contributed by atoms with E-state index in [-0.39, 0.29) is 5.54 Å². The second kappa shape index (κ2) is 4.08. The van der Waals surface area contributed by atoms with E-state index in [0.29, 0.717) is 18.0 Å². The molecule has 1 fully saturated rings. The highest BCUT2D eigenvalue weighted by Crippen LogP contribution is 2.28. The molecule has 1 saturated heterocycles. The predicted octanol–water partition coefficient (Wildman–Crippen LogP) is 1.11. The molecule has 4 nitrogen and oxygen atoms in total. The third-order valence-corrected chi connectivity index (χ3v) is 5.15. The minimum atomic E-state index is -3.35. The van der Waals surface area contributed by atoms with Gasteiger partial charge in [-0.3, -0.25) is 0 Å². The SMILES string of the molecule is CCC1(N)CN(S(=O)(=O)c2ccc(C)cc2)C1. The molecule has 1 aromatic carbocycles. The van der Waals surface area contributed by atoms with Gasteiger partial charge in [-0.05, 0) is 25.5 Å². The second-order valence-electron chi connectivity index (χ2n) is 4.80. The van der Waals surface area contributed by atoms with Crippen molar-refractivity contribution in [3.05, 3.63) is 29.8 Å². The molecule has 1 aliphatic rings. The molecule has 17 heavy (non-hydrogen) atoms. The predicted molar refractivity (Wildman–Crippen MR) is 67.1 cm³/mol. The van der Waals surface area contributed by atoms with Crippen molar-refractivity contribution in [3.8, 4) is 0 Å². The molecule has 1 aliphatic heterocycles. The lowest BCUT2D eigenvalue weighted by atomic mass is 9.91. The molecule has 0 aliphatic carbocycles. The van der Waals surface area contributed by atoms with Crippen molar-refractivity contribution in [3.63, 3.8) is 0 Å². The third-order valence-electron chi connectivity index (χ3n) is 3.35. The molecule has 5 heteroatoms. The number of hydrogen-bond donors (Lipinski definition) is 1. The Morgan fingerprint density at radius 3 is 2.29 bits per heavy atom. The maximum atomic E-state index is 12.2. The van der Waals surface area contributed by atoms with Gasteiger partial charge in [-0.1, -0.05) is 24.6 Å². The Morgan fingerprint density at radius 2 is 1.82 bits per heavy atom. The fourth-order valence-electron chi connectivity index (χ4n) is 1.91. The van der Waals surface area contributed by atoms with Gasteiger partial charge >= 0.3 is 0 Å². The van der Waals surface area contributed by atoms with Gasteiger partial charge in [0.25, 0.3) is 0 Å². The maximum Gasteiger partial charge on any atom is 0.243 e. The molecule has 94 valence electrons. The first-order valence-electron chi connectivity index (χ1n) is 5.73. The van der Waals surface area contributed by atoms with E-state index in [1.54, 1.807) is 12.1 Å². The number of nitrogens with two attached hydrogens (primary N) is 1. The van der Waals surface area contributed by atoms with Crippen LogP contribution in [0.15, 0.2) is 29.2 Å². The van der Waals surface area contributed by atoms with E-state index in [1.165, 1.54) is 4.31 Å². The Morgan fingerprint density at radius 1 is 1.29 bits per heavy atom. The van der Waals surface area contributed by atoms with Crippen molar-refractivity contribution in [2.45, 2.75) is 30.7 Å². The largest absolute Gasteiger partial charge is 0.323 e. The zero-order chi connectivity index (χ0) is 12.7. The molecule has 0 atom stereocenters. The molecule has 0 unspecified atom stereocenters. The van der Waals surface area contributed by atoms with E-state index >= 15 is 0 Å². The van der Waals surface area contributed by atoms with E-state index < -0.39 is 10.0 Å². The first-order valence-corrected chi connectivity index (χ1v) is 7.17. The summed E-state index contributed by atoms with van der Waals surface area (Å²) in [6.45, 7) is 4.75. The van der Waals surface area contributed by atoms with Gasteiger partial charge in [-0.2, -0.15) is 4.31 Å². The first kappa shape index (κ1) is 12.5. The fourth-order valence-corrected chi connectivity index (χ4v) is 3.54. The molecule has 0 radical (unpaired) electrons. The Balaban J connectivity index is 2.19. The highest BCUT2D eigenvalue weighted by molar-refractivity contribution is 7.89. The van der Waals surface area contributed by atoms with E-state index in [4.69, 9.17) is 5.73 Å². The average molecular weight is 254 g/mol. The summed E-state index contributed by atoms with van der Waals surface area (Å²) >= 11 is 0. The summed E-state index contributed by atoms with van der Waals surface area (Å²) in [4.78, 5) is 0.348. The summed E-state index contributed by atoms with van der Waals surface area (Å²) in [6, 6.07) is 6.91. The van der Waals surface area contributed by atoms with Gasteiger partial charge < -0.3 is 5.73 Å². The highest BCUT2D eigenvalue weighted by atomic mass is 32.2. The molecule has 1 heterocycles. The van der Waals surface area contributed by atoms with Crippen LogP contribution in [-0.2, 0) is 10.0 Å². The lowest BCUT2D eigenvalue weighted by Gasteiger charge is -2.46. The maximum absolute atomic E-state index is 12.2. The van der Waals surface area contributed by atoms with Crippen LogP contribution in [-0.4, -0.2) is 31.4 Å². The van der Waals surface area contributed by atoms with E-state index in [9.17, 15) is 8.42 Å². The second-order valence-corrected chi connectivity index (χ2v) is 6.74. The Hall–Kier alpha value is -0.910. The number of rotatable bonds is 3. The topological polar surface area (TPSA) is 63.4 Å². The zero-order valence-electron chi connectivity index (χ0n) is 10.2. The number of aryl methyl sites for hydroxylation is 1. The molecule has 0 bridgehead atoms. The van der Waals surface area contributed by atoms with Gasteiger partial charge in [0.2, 0.25) is 10.0 Å². The van der Waals surface area contributed by atoms with Crippen molar-refractivity contribution < 1.29 is 8.42 Å². The van der Waals surface area contributed by atoms with Crippen LogP contribution in [0.25, 0.3) is 0 Å². The van der Waals surface area contributed by atoms with Crippen LogP contribution in [0.1, 0.15) is 18.9 Å². The Kier molecular flexibility index (Phi) is 3.01. The molecule has 0 spiro atoms. The summed E-state index contributed by atoms with van der Waals surface area (Å²) in [6.07, 6.45) is 0.799. The third kappa shape index (κ3) is 2.22. The quantitative estimate of drug-likeness (QED) is 0.878. The van der Waals surface area contributed by atoms with Crippen molar-refractivity contribution >= 4 is 10.0 Å². The smallest absolute Gasteiger partial charge is 0.243 e. The number of hydrogen-bond acceptors (Lipinski definition) is 3. The van der Waals surface area contributed by atoms with Crippen LogP contribution in [0, 0.1) is 6.92 Å². The molecule has 2 rings (SSSR count). The van der Waals surface area contributed by atoms with Gasteiger partial charge in [-0.25, -0.2) is 8.42 Å². The van der Waals surface area contributed by atoms with Crippen LogP contribution >= 0.6 is 0 Å². The van der Waals surface area contributed by atoms with Crippen LogP contribution < -0.4 is 5.73 Å². The Bertz CT molecular complexity index is 502. The molecule has 1 aromatic rings. The average Bonchev–Trinajstić information content (AvgIpc) is 2.25. The van der Waals surface area contributed by atoms with Crippen LogP contribution in [0.5, 0.6) is 0 Å². The van der Waals surface area contributed by atoms with Gasteiger partial charge in [0, 0.05) is 18.6 Å². The molecular formula is C12H18N2O2S. The number of benzene rings is 1. The number of nitrogens with zero attached hydrogens (tertiary/aromatic N) is 1. The van der Waals surface area contributed by atoms with Crippen molar-refractivity contribution in [2.75, 3.05) is 13.1 Å². The molecule has 2 N–H and O–H groups in total. The minimum Gasteiger partial charge on any atom is -0.323 e. The van der Waals surface area contributed by atoms with Crippen LogP contribution in [0.3, 0.4) is 0 Å². The monoisotopic (exact) mass is 254 g/mol. The minimum absolute atomic E-state index is 0.336. The fraction of sp³-hybridized carbons (Fsp3) is 0.500. The van der Waals surface area contributed by atoms with Gasteiger partial charge in [-0.15, -0.1) is 0 Å². The summed E-state index contributed by atoms with van der Waals surface area (Å²) < 4.78 is 25.8. The lowest BCUT2D eigenvalue weighted by Crippen LogP contribution is -2.68. The molecule has 0 saturated carbocycles. The van der Waals surface area contributed by atoms with E-state index in [2.05, 4.69) is 0 Å². The first-order chi connectivity index (χ1) is 7.87. The standard InChI is InChI=1S/C12H18N2O2S/c1-3-12(13)8-14(9-12)17(15,16)11-6-4-10(2)5-7-11/h4-7H,3,8-9,13H2,1-2H3. The molecular weight excluding hydrogens is 236 g/mol. The van der Waals surface area contributed by atoms with E-state index in [0.717, 1.165) is 12.0 Å². The van der Waals surface area contributed by atoms with Gasteiger partial charge in [0.15, 0.2) is 0 Å². The lowest BCUT2D eigenvalue weighted by molar-refractivity contribution is 0.153. The van der Waals surface area contributed by atoms with Gasteiger partial charge in [0.05, 0.1) is 4.90 Å². The summed E-state index contributed by atoms with van der Waals surface area (Å²) in [5, 5.41) is 0. The number of sulfonamides is 1. The van der Waals surface area contributed by atoms with Crippen molar-refractivity contribution in [2.24, 2.45) is 5.73 Å². The molecule has 0 aromatic heterocycles. The normalized spacial score (nSPS) is 19.9. The van der Waals surface area contributed by atoms with Crippen LogP contribution in [0.4, 0.5) is 0 Å². The molecule has 0 amide bonds.